The number of hydrogen-bond acceptors (Lipinski definition) is 7. The molecule has 4 rings (SSSR count). The van der Waals surface area contributed by atoms with Gasteiger partial charge in [0.05, 0.1) is 5.69 Å². The quantitative estimate of drug-likeness (QED) is 0.715. The molecule has 11 heteroatoms. The molecule has 2 amide bonds. The van der Waals surface area contributed by atoms with Crippen LogP contribution in [0.1, 0.15) is 5.56 Å². The molecule has 1 fully saturated rings. The van der Waals surface area contributed by atoms with Gasteiger partial charge in [-0.3, -0.25) is 9.62 Å². The number of carbonyl (C=O) groups is 1. The summed E-state index contributed by atoms with van der Waals surface area (Å²) in [6, 6.07) is 4.41. The van der Waals surface area contributed by atoms with Gasteiger partial charge in [-0.1, -0.05) is 6.07 Å². The maximum absolute atomic E-state index is 12.6. The number of fused-ring (bicyclic) bond motifs is 1. The lowest BCUT2D eigenvalue weighted by Gasteiger charge is -2.13. The highest BCUT2D eigenvalue weighted by Crippen LogP contribution is 2.48. The number of carbonyl (C=O) groups excluding carboxylic acids is 1. The predicted molar refractivity (Wildman–Crippen MR) is 103 cm³/mol. The number of amides is 2. The molecule has 0 unspecified atom stereocenters. The molecule has 28 heavy (non-hydrogen) atoms. The Bertz CT molecular complexity index is 1050. The van der Waals surface area contributed by atoms with E-state index in [1.807, 2.05) is 0 Å². The minimum Gasteiger partial charge on any atom is -0.504 e. The molecule has 1 aromatic heterocycles. The maximum Gasteiger partial charge on any atom is 0.323 e. The van der Waals surface area contributed by atoms with Crippen LogP contribution in [-0.2, 0) is 10.0 Å². The molecule has 0 bridgehead atoms. The number of aromatic hydroxyl groups is 1. The van der Waals surface area contributed by atoms with E-state index in [4.69, 9.17) is 9.47 Å². The molecule has 0 aliphatic carbocycles. The van der Waals surface area contributed by atoms with E-state index in [-0.39, 0.29) is 45.5 Å². The average Bonchev–Trinajstić information content (AvgIpc) is 3.40. The molecule has 2 aliphatic heterocycles. The Balaban J connectivity index is 1.69. The summed E-state index contributed by atoms with van der Waals surface area (Å²) in [7, 11) is -2.11. The zero-order valence-electron chi connectivity index (χ0n) is 14.8. The molecule has 0 saturated carbocycles. The fraction of sp³-hybridized carbons (Fsp3) is 0.235. The number of thiophene rings is 1. The first-order chi connectivity index (χ1) is 13.4. The molecule has 2 aromatic rings. The van der Waals surface area contributed by atoms with Crippen LogP contribution in [0.2, 0.25) is 0 Å². The second-order valence-corrected chi connectivity index (χ2v) is 9.03. The Kier molecular flexibility index (Phi) is 4.55. The standard InChI is InChI=1S/C17H17N3O6S2/c1-19-6-7-20(17(19)22)5-4-11-9-12(15-16(14(11)21)26-10-25-15)18-28(23,24)13-3-2-8-27-13/h2-5,8-9,18,21H,6-7,10H2,1H3/b5-4+. The average molecular weight is 423 g/mol. The van der Waals surface area contributed by atoms with Crippen molar-refractivity contribution >= 4 is 39.2 Å². The van der Waals surface area contributed by atoms with Crippen LogP contribution < -0.4 is 14.2 Å². The Morgan fingerprint density at radius 3 is 2.75 bits per heavy atom. The summed E-state index contributed by atoms with van der Waals surface area (Å²) in [5.41, 5.74) is 0.429. The van der Waals surface area contributed by atoms with Gasteiger partial charge in [-0.25, -0.2) is 13.2 Å². The second-order valence-electron chi connectivity index (χ2n) is 6.18. The topological polar surface area (TPSA) is 108 Å². The largest absolute Gasteiger partial charge is 0.504 e. The van der Waals surface area contributed by atoms with E-state index in [0.717, 1.165) is 11.3 Å². The van der Waals surface area contributed by atoms with E-state index in [0.29, 0.717) is 13.1 Å². The Hall–Kier alpha value is -2.92. The molecule has 2 aliphatic rings. The van der Waals surface area contributed by atoms with Gasteiger partial charge >= 0.3 is 6.03 Å². The van der Waals surface area contributed by atoms with E-state index in [2.05, 4.69) is 4.72 Å². The smallest absolute Gasteiger partial charge is 0.323 e. The van der Waals surface area contributed by atoms with Crippen LogP contribution in [0.15, 0.2) is 34.0 Å². The molecule has 9 nitrogen and oxygen atoms in total. The molecule has 3 heterocycles. The van der Waals surface area contributed by atoms with Crippen LogP contribution >= 0.6 is 11.3 Å². The van der Waals surface area contributed by atoms with E-state index in [9.17, 15) is 18.3 Å². The molecule has 0 radical (unpaired) electrons. The van der Waals surface area contributed by atoms with Crippen molar-refractivity contribution < 1.29 is 27.8 Å². The van der Waals surface area contributed by atoms with Crippen molar-refractivity contribution in [3.8, 4) is 17.2 Å². The Morgan fingerprint density at radius 2 is 2.07 bits per heavy atom. The lowest BCUT2D eigenvalue weighted by Crippen LogP contribution is -2.25. The van der Waals surface area contributed by atoms with Crippen molar-refractivity contribution in [2.75, 3.05) is 31.7 Å². The van der Waals surface area contributed by atoms with Crippen LogP contribution in [0.3, 0.4) is 0 Å². The van der Waals surface area contributed by atoms with E-state index >= 15 is 0 Å². The number of nitrogens with one attached hydrogen (secondary N) is 1. The second kappa shape index (κ2) is 6.91. The number of nitrogens with zero attached hydrogens (tertiary/aromatic N) is 2. The number of urea groups is 1. The fourth-order valence-electron chi connectivity index (χ4n) is 2.87. The first kappa shape index (κ1) is 18.4. The van der Waals surface area contributed by atoms with Crippen molar-refractivity contribution in [2.24, 2.45) is 0 Å². The number of sulfonamides is 1. The van der Waals surface area contributed by atoms with Crippen molar-refractivity contribution in [1.29, 1.82) is 0 Å². The number of hydrogen-bond donors (Lipinski definition) is 2. The predicted octanol–water partition coefficient (Wildman–Crippen LogP) is 2.32. The molecular weight excluding hydrogens is 406 g/mol. The van der Waals surface area contributed by atoms with Gasteiger partial charge in [0.15, 0.2) is 11.5 Å². The van der Waals surface area contributed by atoms with Gasteiger partial charge in [0.1, 0.15) is 4.21 Å². The van der Waals surface area contributed by atoms with Crippen molar-refractivity contribution in [1.82, 2.24) is 9.80 Å². The molecule has 0 atom stereocenters. The zero-order valence-corrected chi connectivity index (χ0v) is 16.4. The summed E-state index contributed by atoms with van der Waals surface area (Å²) in [4.78, 5) is 15.1. The van der Waals surface area contributed by atoms with E-state index in [1.165, 1.54) is 23.1 Å². The molecule has 2 N–H and O–H groups in total. The highest BCUT2D eigenvalue weighted by Gasteiger charge is 2.28. The Labute approximate surface area is 165 Å². The summed E-state index contributed by atoms with van der Waals surface area (Å²) in [6.45, 7) is 0.983. The lowest BCUT2D eigenvalue weighted by molar-refractivity contribution is 0.171. The normalized spacial score (nSPS) is 16.4. The minimum atomic E-state index is -3.81. The van der Waals surface area contributed by atoms with Crippen LogP contribution in [0, 0.1) is 0 Å². The number of phenols is 1. The highest BCUT2D eigenvalue weighted by molar-refractivity contribution is 7.94. The van der Waals surface area contributed by atoms with Gasteiger partial charge in [0, 0.05) is 31.9 Å². The summed E-state index contributed by atoms with van der Waals surface area (Å²) >= 11 is 1.08. The number of anilines is 1. The van der Waals surface area contributed by atoms with Crippen LogP contribution in [0.4, 0.5) is 10.5 Å². The first-order valence-electron chi connectivity index (χ1n) is 8.28. The monoisotopic (exact) mass is 423 g/mol. The Morgan fingerprint density at radius 1 is 1.29 bits per heavy atom. The number of benzene rings is 1. The van der Waals surface area contributed by atoms with Gasteiger partial charge in [0.2, 0.25) is 12.5 Å². The molecule has 148 valence electrons. The summed E-state index contributed by atoms with van der Waals surface area (Å²) < 4.78 is 38.4. The first-order valence-corrected chi connectivity index (χ1v) is 10.6. The van der Waals surface area contributed by atoms with Crippen LogP contribution in [0.5, 0.6) is 17.2 Å². The number of rotatable bonds is 5. The molecule has 0 spiro atoms. The maximum atomic E-state index is 12.6. The molecular formula is C17H17N3O6S2. The van der Waals surface area contributed by atoms with Crippen LogP contribution in [-0.4, -0.2) is 56.3 Å². The van der Waals surface area contributed by atoms with Crippen molar-refractivity contribution in [3.63, 3.8) is 0 Å². The third-order valence-corrected chi connectivity index (χ3v) is 7.10. The number of likely N-dealkylation sites (N-methyl/N-ethyl adjacent to an activating group) is 1. The molecule has 1 saturated heterocycles. The van der Waals surface area contributed by atoms with Gasteiger partial charge in [-0.05, 0) is 23.6 Å². The minimum absolute atomic E-state index is 0.0518. The number of phenolic OH excluding ortho intramolecular Hbond substituents is 1. The van der Waals surface area contributed by atoms with Gasteiger partial charge in [-0.15, -0.1) is 11.3 Å². The van der Waals surface area contributed by atoms with Gasteiger partial charge < -0.3 is 19.5 Å². The summed E-state index contributed by atoms with van der Waals surface area (Å²) in [6.07, 6.45) is 3.07. The summed E-state index contributed by atoms with van der Waals surface area (Å²) in [5, 5.41) is 12.1. The highest BCUT2D eigenvalue weighted by atomic mass is 32.2. The van der Waals surface area contributed by atoms with Crippen LogP contribution in [0.25, 0.3) is 6.08 Å². The number of ether oxygens (including phenoxy) is 2. The summed E-state index contributed by atoms with van der Waals surface area (Å²) in [5.74, 6) is -0.0227. The SMILES string of the molecule is CN1CCN(/C=C/c2cc(NS(=O)(=O)c3cccs3)c3c(c2O)OCO3)C1=O. The van der Waals surface area contributed by atoms with Crippen molar-refractivity contribution in [2.45, 2.75) is 4.21 Å². The van der Waals surface area contributed by atoms with Gasteiger partial charge in [0.25, 0.3) is 10.0 Å². The van der Waals surface area contributed by atoms with E-state index in [1.54, 1.807) is 29.6 Å². The van der Waals surface area contributed by atoms with Gasteiger partial charge in [-0.2, -0.15) is 0 Å². The fourth-order valence-corrected chi connectivity index (χ4v) is 4.91. The van der Waals surface area contributed by atoms with E-state index < -0.39 is 10.0 Å². The van der Waals surface area contributed by atoms with Crippen molar-refractivity contribution in [3.05, 3.63) is 35.3 Å². The third kappa shape index (κ3) is 3.22. The lowest BCUT2D eigenvalue weighted by atomic mass is 10.1. The molecule has 1 aromatic carbocycles. The zero-order chi connectivity index (χ0) is 19.9. The third-order valence-electron chi connectivity index (χ3n) is 4.33.